The largest absolute Gasteiger partial charge is 0.524 e. The first kappa shape index (κ1) is 65.9. The van der Waals surface area contributed by atoms with Gasteiger partial charge in [0.2, 0.25) is 6.93 Å². The zero-order chi connectivity index (χ0) is 33.0. The van der Waals surface area contributed by atoms with Crippen LogP contribution < -0.4 is 0 Å². The summed E-state index contributed by atoms with van der Waals surface area (Å²) < 4.78 is 220. The van der Waals surface area contributed by atoms with Gasteiger partial charge in [-0.1, -0.05) is 14.9 Å². The molecule has 0 aromatic heterocycles. The topological polar surface area (TPSA) is 52.6 Å². The quantitative estimate of drug-likeness (QED) is 0.218. The van der Waals surface area contributed by atoms with Crippen LogP contribution in [0, 0.1) is 0 Å². The number of hydrogen-bond donors (Lipinski definition) is 0. The Morgan fingerprint density at radius 3 is 0.775 bits per heavy atom. The maximum Gasteiger partial charge on any atom is 0.524 e. The predicted molar refractivity (Wildman–Crippen MR) is 96.7 cm³/mol. The van der Waals surface area contributed by atoms with Gasteiger partial charge >= 0.3 is 25.1 Å². The lowest BCUT2D eigenvalue weighted by molar-refractivity contribution is -0.336. The van der Waals surface area contributed by atoms with Crippen molar-refractivity contribution in [1.82, 2.24) is 0 Å². The molecule has 0 aliphatic heterocycles. The molecule has 0 atom stereocenters. The fourth-order valence-electron chi connectivity index (χ4n) is 0.0619. The molecule has 0 N–H and O–H groups in total. The number of halogens is 21. The summed E-state index contributed by atoms with van der Waals surface area (Å²) in [5.74, 6) is 0. The second-order valence-electron chi connectivity index (χ2n) is 3.20. The highest BCUT2D eigenvalue weighted by Crippen LogP contribution is 2.15. The first-order valence-electron chi connectivity index (χ1n) is 6.95. The van der Waals surface area contributed by atoms with Crippen LogP contribution in [0.15, 0.2) is 24.8 Å². The highest BCUT2D eigenvalue weighted by Gasteiger charge is 2.28. The van der Waals surface area contributed by atoms with Gasteiger partial charge in [-0.05, 0) is 0 Å². The van der Waals surface area contributed by atoms with Crippen molar-refractivity contribution >= 4 is 12.6 Å². The molecule has 0 radical (unpaired) electrons. The van der Waals surface area contributed by atoms with Crippen LogP contribution in [-0.2, 0) is 9.47 Å². The van der Waals surface area contributed by atoms with Crippen LogP contribution in [0.1, 0.15) is 14.9 Å². The zero-order valence-electron chi connectivity index (χ0n) is 17.6. The molecule has 0 aromatic rings. The van der Waals surface area contributed by atoms with Gasteiger partial charge < -0.3 is 4.74 Å². The molecule has 0 saturated carbocycles. The molecule has 4 nitrogen and oxygen atoms in total. The molecular weight excluding hydrogens is 643 g/mol. The average molecular weight is 664 g/mol. The van der Waals surface area contributed by atoms with Crippen LogP contribution in [-0.4, -0.2) is 59.6 Å². The van der Waals surface area contributed by atoms with E-state index < -0.39 is 77.3 Å². The van der Waals surface area contributed by atoms with Crippen LogP contribution in [0.5, 0.6) is 0 Å². The molecule has 0 aliphatic rings. The van der Waals surface area contributed by atoms with Crippen LogP contribution in [0.2, 0.25) is 0 Å². The lowest BCUT2D eigenvalue weighted by Crippen LogP contribution is -2.11. The number of rotatable bonds is 2. The molecule has 0 unspecified atom stereocenters. The van der Waals surface area contributed by atoms with E-state index in [9.17, 15) is 92.2 Å². The van der Waals surface area contributed by atoms with Crippen LogP contribution in [0.4, 0.5) is 102 Å². The van der Waals surface area contributed by atoms with Crippen LogP contribution in [0.3, 0.4) is 0 Å². The molecular formula is C15H21F21O4. The van der Waals surface area contributed by atoms with Crippen molar-refractivity contribution in [3.05, 3.63) is 24.8 Å². The molecule has 0 spiro atoms. The van der Waals surface area contributed by atoms with Gasteiger partial charge in [0.15, 0.2) is 33.1 Å². The number of hydrogen-bond acceptors (Lipinski definition) is 4. The van der Waals surface area contributed by atoms with Gasteiger partial charge in [0, 0.05) is 7.11 Å². The van der Waals surface area contributed by atoms with E-state index in [0.29, 0.717) is 0 Å². The van der Waals surface area contributed by atoms with E-state index in [1.54, 1.807) is 0 Å². The maximum atomic E-state index is 10.6. The van der Waals surface area contributed by atoms with E-state index in [-0.39, 0.29) is 14.9 Å². The van der Waals surface area contributed by atoms with Gasteiger partial charge in [0.1, 0.15) is 0 Å². The van der Waals surface area contributed by atoms with E-state index >= 15 is 0 Å². The molecule has 252 valence electrons. The third-order valence-electron chi connectivity index (χ3n) is 0.644. The second-order valence-corrected chi connectivity index (χ2v) is 3.20. The summed E-state index contributed by atoms with van der Waals surface area (Å²) in [7, 11) is 1.31. The summed E-state index contributed by atoms with van der Waals surface area (Å²) in [6.45, 7) is -6.48. The molecule has 0 amide bonds. The summed E-state index contributed by atoms with van der Waals surface area (Å²) in [6, 6.07) is 0. The Labute approximate surface area is 212 Å². The molecule has 0 aliphatic carbocycles. The van der Waals surface area contributed by atoms with E-state index in [4.69, 9.17) is 9.59 Å². The van der Waals surface area contributed by atoms with E-state index in [1.807, 2.05) is 0 Å². The van der Waals surface area contributed by atoms with E-state index in [2.05, 4.69) is 9.47 Å². The molecule has 25 heteroatoms. The third-order valence-corrected chi connectivity index (χ3v) is 0.644. The van der Waals surface area contributed by atoms with Crippen molar-refractivity contribution in [2.24, 2.45) is 0 Å². The second kappa shape index (κ2) is 52.7. The lowest BCUT2D eigenvalue weighted by Gasteiger charge is -1.99. The Hall–Kier alpha value is -2.73. The third kappa shape index (κ3) is 482. The average Bonchev–Trinajstić information content (AvgIpc) is 2.73. The summed E-state index contributed by atoms with van der Waals surface area (Å²) in [6.07, 6.45) is -21.2. The van der Waals surface area contributed by atoms with Gasteiger partial charge in [-0.15, -0.1) is 30.7 Å². The molecule has 0 bridgehead atoms. The fraction of sp³-hybridized carbons (Fsp3) is 0.600. The van der Waals surface area contributed by atoms with Gasteiger partial charge in [0.05, 0.1) is 0 Å². The normalized spacial score (nSPS) is 8.15. The lowest BCUT2D eigenvalue weighted by atomic mass is 10.8. The summed E-state index contributed by atoms with van der Waals surface area (Å²) >= 11 is 0. The summed E-state index contributed by atoms with van der Waals surface area (Å²) in [4.78, 5) is 16.2. The monoisotopic (exact) mass is 664 g/mol. The minimum absolute atomic E-state index is 0. The van der Waals surface area contributed by atoms with Gasteiger partial charge in [-0.2, -0.15) is 30.7 Å². The summed E-state index contributed by atoms with van der Waals surface area (Å²) in [5.41, 5.74) is 0. The van der Waals surface area contributed by atoms with E-state index in [1.165, 1.54) is 7.11 Å². The molecule has 0 aromatic carbocycles. The fourth-order valence-corrected chi connectivity index (χ4v) is 0.0619. The maximum absolute atomic E-state index is 10.6. The smallest absolute Gasteiger partial charge is 0.354 e. The number of ether oxygens (including phenoxy) is 2. The Bertz CT molecular complexity index is 477. The number of carbonyl (C=O) groups excluding carboxylic acids is 2. The molecule has 0 heterocycles. The molecule has 0 rings (SSSR count). The Morgan fingerprint density at radius 1 is 0.625 bits per heavy atom. The van der Waals surface area contributed by atoms with Crippen molar-refractivity contribution in [2.75, 3.05) is 34.4 Å². The van der Waals surface area contributed by atoms with Crippen LogP contribution in [0.25, 0.3) is 0 Å². The van der Waals surface area contributed by atoms with Gasteiger partial charge in [-0.3, -0.25) is 4.74 Å². The predicted octanol–water partition coefficient (Wildman–Crippen LogP) is 11.2. The molecule has 0 fully saturated rings. The first-order valence-corrected chi connectivity index (χ1v) is 6.95. The Morgan fingerprint density at radius 2 is 0.775 bits per heavy atom. The van der Waals surface area contributed by atoms with Crippen molar-refractivity contribution < 1.29 is 111 Å². The minimum Gasteiger partial charge on any atom is -0.354 e. The highest BCUT2D eigenvalue weighted by molar-refractivity contribution is 5.56. The van der Waals surface area contributed by atoms with Crippen molar-refractivity contribution in [3.63, 3.8) is 0 Å². The zero-order valence-corrected chi connectivity index (χ0v) is 17.6. The molecule has 0 saturated heterocycles. The van der Waals surface area contributed by atoms with Crippen molar-refractivity contribution in [1.29, 1.82) is 0 Å². The summed E-state index contributed by atoms with van der Waals surface area (Å²) in [5, 5.41) is 0. The van der Waals surface area contributed by atoms with Crippen molar-refractivity contribution in [3.8, 4) is 0 Å². The first-order chi connectivity index (χ1) is 17.0. The number of methoxy groups -OCH3 is 1. The number of alkyl halides is 11. The SMILES string of the molecule is C.C.COCF.FC=C(F)F.FC=C(F)F.FCC(F)(F)F.FCF.FCOC(F)(F)F.O=C(F)F.O=C(F)F. The van der Waals surface area contributed by atoms with Gasteiger partial charge in [-0.25, -0.2) is 40.3 Å². The Balaban J connectivity index is -0.0000000323. The van der Waals surface area contributed by atoms with Gasteiger partial charge in [0.25, 0.3) is 12.2 Å². The standard InChI is InChI=1S/C2H2F4O.C2H2F4.2C2HF3.C2H5FO.2CF2O.CH2F2.2CH4/c3-1-7-2(4,5)6;3-1-2(4,5)6;2*3-1-2(4)5;1-4-2-3;2*2-1(3)4;2-1-3;;/h1H2;1H2;2*1H;2H2,1H3;;;1H2;2*1H4. The molecule has 40 heavy (non-hydrogen) atoms. The Kier molecular flexibility index (Phi) is 86.8. The number of carbonyl (C=O) groups is 2. The minimum atomic E-state index is -4.82. The van der Waals surface area contributed by atoms with Crippen LogP contribution >= 0.6 is 0 Å². The highest BCUT2D eigenvalue weighted by atomic mass is 19.4. The van der Waals surface area contributed by atoms with E-state index in [0.717, 1.165) is 0 Å². The van der Waals surface area contributed by atoms with Crippen molar-refractivity contribution in [2.45, 2.75) is 27.4 Å².